The molecule has 0 N–H and O–H groups in total. The molecule has 162 valence electrons. The molecule has 0 spiro atoms. The molecular weight excluding hydrogens is 389 g/mol. The first-order chi connectivity index (χ1) is 15.0. The predicted molar refractivity (Wildman–Crippen MR) is 122 cm³/mol. The molecule has 0 aromatic heterocycles. The number of nitrogens with zero attached hydrogens (tertiary/aromatic N) is 1. The standard InChI is InChI=1S/C27H30FNO2/c1-21(2)26(25(28)27(30)31-20-24-16-10-5-11-17-24)29(18-22-12-6-3-7-13-22)19-23-14-8-4-9-15-23/h3-17,21,25-26H,18-20H2,1-2H3/t25-,26+/m0/s1. The van der Waals surface area contributed by atoms with Gasteiger partial charge in [0.2, 0.25) is 6.17 Å². The van der Waals surface area contributed by atoms with Crippen LogP contribution in [0.2, 0.25) is 0 Å². The lowest BCUT2D eigenvalue weighted by atomic mass is 9.96. The Morgan fingerprint density at radius 3 is 1.61 bits per heavy atom. The third kappa shape index (κ3) is 6.76. The maximum Gasteiger partial charge on any atom is 0.342 e. The van der Waals surface area contributed by atoms with E-state index < -0.39 is 18.2 Å². The van der Waals surface area contributed by atoms with Gasteiger partial charge >= 0.3 is 5.97 Å². The van der Waals surface area contributed by atoms with E-state index >= 15 is 4.39 Å². The molecule has 3 rings (SSSR count). The molecule has 3 nitrogen and oxygen atoms in total. The monoisotopic (exact) mass is 419 g/mol. The highest BCUT2D eigenvalue weighted by Gasteiger charge is 2.36. The summed E-state index contributed by atoms with van der Waals surface area (Å²) >= 11 is 0. The van der Waals surface area contributed by atoms with Crippen LogP contribution in [-0.2, 0) is 29.2 Å². The van der Waals surface area contributed by atoms with Crippen molar-refractivity contribution in [2.45, 2.75) is 45.8 Å². The minimum atomic E-state index is -1.74. The van der Waals surface area contributed by atoms with Crippen molar-refractivity contribution in [2.75, 3.05) is 0 Å². The summed E-state index contributed by atoms with van der Waals surface area (Å²) in [4.78, 5) is 14.7. The van der Waals surface area contributed by atoms with Gasteiger partial charge in [0.15, 0.2) is 0 Å². The van der Waals surface area contributed by atoms with Crippen LogP contribution in [-0.4, -0.2) is 23.1 Å². The summed E-state index contributed by atoms with van der Waals surface area (Å²) in [5, 5.41) is 0. The Bertz CT molecular complexity index is 874. The average molecular weight is 420 g/mol. The average Bonchev–Trinajstić information content (AvgIpc) is 2.79. The van der Waals surface area contributed by atoms with E-state index in [1.807, 2.05) is 110 Å². The van der Waals surface area contributed by atoms with E-state index in [1.54, 1.807) is 0 Å². The first-order valence-electron chi connectivity index (χ1n) is 10.7. The smallest absolute Gasteiger partial charge is 0.342 e. The van der Waals surface area contributed by atoms with Crippen LogP contribution in [0.5, 0.6) is 0 Å². The molecular formula is C27H30FNO2. The number of rotatable bonds is 10. The van der Waals surface area contributed by atoms with Gasteiger partial charge in [-0.25, -0.2) is 9.18 Å². The van der Waals surface area contributed by atoms with E-state index in [2.05, 4.69) is 0 Å². The second-order valence-electron chi connectivity index (χ2n) is 8.11. The molecule has 3 aromatic carbocycles. The molecule has 31 heavy (non-hydrogen) atoms. The molecule has 0 aliphatic carbocycles. The Kier molecular flexibility index (Phi) is 8.36. The van der Waals surface area contributed by atoms with Gasteiger partial charge in [-0.15, -0.1) is 0 Å². The first-order valence-corrected chi connectivity index (χ1v) is 10.7. The number of alkyl halides is 1. The Balaban J connectivity index is 1.78. The van der Waals surface area contributed by atoms with Gasteiger partial charge in [0.05, 0.1) is 6.04 Å². The topological polar surface area (TPSA) is 29.5 Å². The fourth-order valence-corrected chi connectivity index (χ4v) is 3.79. The van der Waals surface area contributed by atoms with E-state index in [0.29, 0.717) is 13.1 Å². The number of hydrogen-bond donors (Lipinski definition) is 0. The second kappa shape index (κ2) is 11.4. The molecule has 0 saturated carbocycles. The van der Waals surface area contributed by atoms with Gasteiger partial charge < -0.3 is 4.74 Å². The van der Waals surface area contributed by atoms with Crippen molar-refractivity contribution in [3.8, 4) is 0 Å². The van der Waals surface area contributed by atoms with Crippen molar-refractivity contribution in [1.82, 2.24) is 4.90 Å². The maximum absolute atomic E-state index is 15.6. The zero-order chi connectivity index (χ0) is 22.1. The van der Waals surface area contributed by atoms with Crippen molar-refractivity contribution >= 4 is 5.97 Å². The minimum absolute atomic E-state index is 0.0717. The van der Waals surface area contributed by atoms with Gasteiger partial charge in [-0.3, -0.25) is 4.90 Å². The molecule has 0 bridgehead atoms. The highest BCUT2D eigenvalue weighted by molar-refractivity contribution is 5.75. The predicted octanol–water partition coefficient (Wildman–Crippen LogP) is 5.79. The van der Waals surface area contributed by atoms with E-state index in [1.165, 1.54) is 0 Å². The van der Waals surface area contributed by atoms with Gasteiger partial charge in [-0.2, -0.15) is 0 Å². The molecule has 0 radical (unpaired) electrons. The van der Waals surface area contributed by atoms with Crippen molar-refractivity contribution < 1.29 is 13.9 Å². The highest BCUT2D eigenvalue weighted by Crippen LogP contribution is 2.24. The number of ether oxygens (including phenoxy) is 1. The lowest BCUT2D eigenvalue weighted by Crippen LogP contribution is -2.48. The summed E-state index contributed by atoms with van der Waals surface area (Å²) < 4.78 is 20.9. The van der Waals surface area contributed by atoms with Crippen LogP contribution < -0.4 is 0 Å². The molecule has 3 aromatic rings. The number of carbonyl (C=O) groups excluding carboxylic acids is 1. The number of hydrogen-bond acceptors (Lipinski definition) is 3. The molecule has 0 fully saturated rings. The summed E-state index contributed by atoms with van der Waals surface area (Å²) in [7, 11) is 0. The van der Waals surface area contributed by atoms with Crippen LogP contribution >= 0.6 is 0 Å². The molecule has 0 heterocycles. The van der Waals surface area contributed by atoms with Crippen molar-refractivity contribution in [3.63, 3.8) is 0 Å². The molecule has 4 heteroatoms. The van der Waals surface area contributed by atoms with E-state index in [-0.39, 0.29) is 12.5 Å². The van der Waals surface area contributed by atoms with Gasteiger partial charge in [0.1, 0.15) is 6.61 Å². The Labute approximate surface area is 184 Å². The Morgan fingerprint density at radius 1 is 0.774 bits per heavy atom. The fourth-order valence-electron chi connectivity index (χ4n) is 3.79. The summed E-state index contributed by atoms with van der Waals surface area (Å²) in [6, 6.07) is 28.7. The largest absolute Gasteiger partial charge is 0.459 e. The van der Waals surface area contributed by atoms with Gasteiger partial charge in [0.25, 0.3) is 0 Å². The SMILES string of the molecule is CC(C)[C@H]([C@H](F)C(=O)OCc1ccccc1)N(Cc1ccccc1)Cc1ccccc1. The Hall–Kier alpha value is -2.98. The third-order valence-corrected chi connectivity index (χ3v) is 5.31. The Morgan fingerprint density at radius 2 is 1.19 bits per heavy atom. The van der Waals surface area contributed by atoms with Crippen LogP contribution in [0.15, 0.2) is 91.0 Å². The zero-order valence-corrected chi connectivity index (χ0v) is 18.2. The summed E-state index contributed by atoms with van der Waals surface area (Å²) in [5.74, 6) is -0.889. The minimum Gasteiger partial charge on any atom is -0.459 e. The van der Waals surface area contributed by atoms with E-state index in [9.17, 15) is 4.79 Å². The van der Waals surface area contributed by atoms with Gasteiger partial charge in [-0.05, 0) is 22.6 Å². The van der Waals surface area contributed by atoms with Crippen LogP contribution in [0.4, 0.5) is 4.39 Å². The maximum atomic E-state index is 15.6. The van der Waals surface area contributed by atoms with E-state index in [4.69, 9.17) is 4.74 Å². The number of carbonyl (C=O) groups is 1. The summed E-state index contributed by atoms with van der Waals surface area (Å²) in [5.41, 5.74) is 3.00. The van der Waals surface area contributed by atoms with E-state index in [0.717, 1.165) is 16.7 Å². The number of benzene rings is 3. The zero-order valence-electron chi connectivity index (χ0n) is 18.2. The van der Waals surface area contributed by atoms with Crippen molar-refractivity contribution in [3.05, 3.63) is 108 Å². The lowest BCUT2D eigenvalue weighted by Gasteiger charge is -2.36. The third-order valence-electron chi connectivity index (χ3n) is 5.31. The van der Waals surface area contributed by atoms with Crippen LogP contribution in [0.1, 0.15) is 30.5 Å². The van der Waals surface area contributed by atoms with Gasteiger partial charge in [0, 0.05) is 13.1 Å². The van der Waals surface area contributed by atoms with Gasteiger partial charge in [-0.1, -0.05) is 105 Å². The first kappa shape index (κ1) is 22.7. The van der Waals surface area contributed by atoms with Crippen LogP contribution in [0.3, 0.4) is 0 Å². The van der Waals surface area contributed by atoms with Crippen molar-refractivity contribution in [2.24, 2.45) is 5.92 Å². The normalized spacial score (nSPS) is 13.2. The summed E-state index contributed by atoms with van der Waals surface area (Å²) in [6.45, 7) is 5.06. The number of halogens is 1. The fraction of sp³-hybridized carbons (Fsp3) is 0.296. The number of esters is 1. The van der Waals surface area contributed by atoms with Crippen molar-refractivity contribution in [1.29, 1.82) is 0 Å². The summed E-state index contributed by atoms with van der Waals surface area (Å²) in [6.07, 6.45) is -1.74. The molecule has 0 unspecified atom stereocenters. The molecule has 0 aliphatic rings. The highest BCUT2D eigenvalue weighted by atomic mass is 19.1. The lowest BCUT2D eigenvalue weighted by molar-refractivity contribution is -0.155. The second-order valence-corrected chi connectivity index (χ2v) is 8.11. The molecule has 0 saturated heterocycles. The quantitative estimate of drug-likeness (QED) is 0.389. The molecule has 0 amide bonds. The molecule has 0 aliphatic heterocycles. The molecule has 2 atom stereocenters. The van der Waals surface area contributed by atoms with Crippen LogP contribution in [0, 0.1) is 5.92 Å². The van der Waals surface area contributed by atoms with Crippen LogP contribution in [0.25, 0.3) is 0 Å².